The van der Waals surface area contributed by atoms with Gasteiger partial charge < -0.3 is 0 Å². The Bertz CT molecular complexity index is 126. The second-order valence-corrected chi connectivity index (χ2v) is 1.40. The Kier molecular flexibility index (Phi) is 2.69. The van der Waals surface area contributed by atoms with Crippen molar-refractivity contribution < 1.29 is 14.4 Å². The molecule has 0 bridgehead atoms. The summed E-state index contributed by atoms with van der Waals surface area (Å²) in [5, 5.41) is 0. The first-order chi connectivity index (χ1) is 3.66. The Morgan fingerprint density at radius 2 is 2.00 bits per heavy atom. The zero-order valence-corrected chi connectivity index (χ0v) is 4.43. The molecule has 0 spiro atoms. The highest BCUT2D eigenvalue weighted by Gasteiger charge is 2.02. The third-order valence-corrected chi connectivity index (χ3v) is 0.523. The lowest BCUT2D eigenvalue weighted by atomic mass is 10.2. The Morgan fingerprint density at radius 3 is 2.12 bits per heavy atom. The van der Waals surface area contributed by atoms with Gasteiger partial charge in [0.25, 0.3) is 6.29 Å². The molecule has 0 aromatic rings. The third kappa shape index (κ3) is 3.21. The smallest absolute Gasteiger partial charge is 0.272 e. The second-order valence-electron chi connectivity index (χ2n) is 1.40. The monoisotopic (exact) mass is 113 g/mol. The van der Waals surface area contributed by atoms with E-state index < -0.39 is 5.78 Å². The highest BCUT2D eigenvalue weighted by atomic mass is 16.2. The van der Waals surface area contributed by atoms with Crippen LogP contribution in [-0.4, -0.2) is 17.9 Å². The first-order valence-corrected chi connectivity index (χ1v) is 2.07. The van der Waals surface area contributed by atoms with E-state index in [4.69, 9.17) is 0 Å². The van der Waals surface area contributed by atoms with Crippen molar-refractivity contribution in [2.75, 3.05) is 0 Å². The third-order valence-electron chi connectivity index (χ3n) is 0.523. The molecule has 0 amide bonds. The quantitative estimate of drug-likeness (QED) is 0.371. The maximum Gasteiger partial charge on any atom is 0.272 e. The first kappa shape index (κ1) is 7.01. The number of carbonyl (C=O) groups excluding carboxylic acids is 3. The van der Waals surface area contributed by atoms with Gasteiger partial charge in [-0.15, -0.1) is 0 Å². The number of carbonyl (C=O) groups is 2. The Labute approximate surface area is 46.7 Å². The van der Waals surface area contributed by atoms with Crippen LogP contribution in [0.25, 0.3) is 0 Å². The van der Waals surface area contributed by atoms with Gasteiger partial charge in [-0.1, -0.05) is 0 Å². The van der Waals surface area contributed by atoms with E-state index in [-0.39, 0.29) is 12.2 Å². The van der Waals surface area contributed by atoms with Crippen molar-refractivity contribution in [1.29, 1.82) is 0 Å². The lowest BCUT2D eigenvalue weighted by molar-refractivity contribution is -0.122. The van der Waals surface area contributed by atoms with Crippen LogP contribution in [0.15, 0.2) is 0 Å². The zero-order valence-electron chi connectivity index (χ0n) is 4.43. The number of Topliss-reactive ketones (excluding diaryl/α,β-unsaturated/α-hetero) is 2. The predicted octanol–water partition coefficient (Wildman–Crippen LogP) is -0.356. The van der Waals surface area contributed by atoms with Gasteiger partial charge in [0.05, 0.1) is 6.42 Å². The van der Waals surface area contributed by atoms with Gasteiger partial charge in [-0.25, -0.2) is 0 Å². The van der Waals surface area contributed by atoms with Crippen molar-refractivity contribution in [3.63, 3.8) is 0 Å². The van der Waals surface area contributed by atoms with Gasteiger partial charge in [0.2, 0.25) is 5.78 Å². The van der Waals surface area contributed by atoms with E-state index in [1.165, 1.54) is 6.92 Å². The molecule has 0 unspecified atom stereocenters. The van der Waals surface area contributed by atoms with Crippen molar-refractivity contribution in [2.45, 2.75) is 13.3 Å². The minimum absolute atomic E-state index is 0.307. The van der Waals surface area contributed by atoms with Gasteiger partial charge in [0.15, 0.2) is 0 Å². The average molecular weight is 113 g/mol. The van der Waals surface area contributed by atoms with E-state index in [0.717, 1.165) is 6.29 Å². The molecule has 0 rings (SSSR count). The van der Waals surface area contributed by atoms with Gasteiger partial charge in [-0.3, -0.25) is 14.4 Å². The van der Waals surface area contributed by atoms with Crippen molar-refractivity contribution in [3.05, 3.63) is 0 Å². The van der Waals surface area contributed by atoms with Gasteiger partial charge in [-0.2, -0.15) is 0 Å². The minimum atomic E-state index is -0.780. The molecule has 0 saturated heterocycles. The topological polar surface area (TPSA) is 51.2 Å². The van der Waals surface area contributed by atoms with E-state index in [0.29, 0.717) is 0 Å². The van der Waals surface area contributed by atoms with Gasteiger partial charge in [0, 0.05) is 0 Å². The molecule has 3 heteroatoms. The molecule has 43 valence electrons. The summed E-state index contributed by atoms with van der Waals surface area (Å²) in [6.45, 7) is 1.25. The van der Waals surface area contributed by atoms with Crippen molar-refractivity contribution in [3.8, 4) is 0 Å². The molecule has 3 nitrogen and oxygen atoms in total. The van der Waals surface area contributed by atoms with Gasteiger partial charge in [-0.05, 0) is 6.92 Å². The summed E-state index contributed by atoms with van der Waals surface area (Å²) in [5.74, 6) is -1.09. The Morgan fingerprint density at radius 1 is 1.50 bits per heavy atom. The molecule has 0 fully saturated rings. The van der Waals surface area contributed by atoms with E-state index in [1.807, 2.05) is 0 Å². The van der Waals surface area contributed by atoms with Crippen molar-refractivity contribution in [2.24, 2.45) is 0 Å². The van der Waals surface area contributed by atoms with E-state index in [2.05, 4.69) is 0 Å². The molecule has 1 radical (unpaired) electrons. The molecule has 0 heterocycles. The van der Waals surface area contributed by atoms with Crippen LogP contribution in [0.1, 0.15) is 13.3 Å². The van der Waals surface area contributed by atoms with Crippen LogP contribution in [0, 0.1) is 0 Å². The molecule has 0 aliphatic rings. The van der Waals surface area contributed by atoms with E-state index in [1.54, 1.807) is 0 Å². The van der Waals surface area contributed by atoms with Crippen LogP contribution >= 0.6 is 0 Å². The zero-order chi connectivity index (χ0) is 6.57. The van der Waals surface area contributed by atoms with Crippen LogP contribution < -0.4 is 0 Å². The van der Waals surface area contributed by atoms with Crippen LogP contribution in [-0.2, 0) is 14.4 Å². The first-order valence-electron chi connectivity index (χ1n) is 2.07. The highest BCUT2D eigenvalue weighted by Crippen LogP contribution is 1.79. The molecule has 0 N–H and O–H groups in total. The molecule has 0 aromatic heterocycles. The molecule has 0 aliphatic carbocycles. The molecule has 8 heavy (non-hydrogen) atoms. The predicted molar refractivity (Wildman–Crippen MR) is 26.0 cm³/mol. The normalized spacial score (nSPS) is 8.12. The molecule has 0 atom stereocenters. The van der Waals surface area contributed by atoms with Crippen LogP contribution in [0.2, 0.25) is 0 Å². The van der Waals surface area contributed by atoms with Crippen molar-refractivity contribution >= 4 is 17.9 Å². The maximum atomic E-state index is 10.0. The van der Waals surface area contributed by atoms with Crippen molar-refractivity contribution in [1.82, 2.24) is 0 Å². The highest BCUT2D eigenvalue weighted by molar-refractivity contribution is 6.29. The molecule has 0 aromatic carbocycles. The van der Waals surface area contributed by atoms with E-state index >= 15 is 0 Å². The number of ketones is 2. The van der Waals surface area contributed by atoms with Crippen LogP contribution in [0.4, 0.5) is 0 Å². The number of hydrogen-bond acceptors (Lipinski definition) is 3. The molecule has 0 saturated carbocycles. The van der Waals surface area contributed by atoms with Crippen LogP contribution in [0.3, 0.4) is 0 Å². The SMILES string of the molecule is CC(=O)CC(=O)[C]=O. The lowest BCUT2D eigenvalue weighted by Crippen LogP contribution is -2.04. The molecular formula is C5H5O3. The Balaban J connectivity index is 3.55. The summed E-state index contributed by atoms with van der Waals surface area (Å²) in [6, 6.07) is 0. The van der Waals surface area contributed by atoms with Gasteiger partial charge >= 0.3 is 0 Å². The average Bonchev–Trinajstić information content (AvgIpc) is 1.65. The maximum absolute atomic E-state index is 10.0. The van der Waals surface area contributed by atoms with E-state index in [9.17, 15) is 14.4 Å². The number of hydrogen-bond donors (Lipinski definition) is 0. The standard InChI is InChI=1S/C5H5O3/c1-4(7)2-5(8)3-6/h2H2,1H3. The summed E-state index contributed by atoms with van der Waals surface area (Å²) in [4.78, 5) is 29.4. The minimum Gasteiger partial charge on any atom is -0.300 e. The fraction of sp³-hybridized carbons (Fsp3) is 0.400. The molecule has 0 aliphatic heterocycles. The second kappa shape index (κ2) is 3.07. The lowest BCUT2D eigenvalue weighted by Gasteiger charge is -1.79. The summed E-state index contributed by atoms with van der Waals surface area (Å²) >= 11 is 0. The molecular weight excluding hydrogens is 108 g/mol. The Hall–Kier alpha value is -0.990. The summed E-state index contributed by atoms with van der Waals surface area (Å²) in [5.41, 5.74) is 0. The van der Waals surface area contributed by atoms with Gasteiger partial charge in [0.1, 0.15) is 5.78 Å². The number of rotatable bonds is 3. The fourth-order valence-corrected chi connectivity index (χ4v) is 0.262. The fourth-order valence-electron chi connectivity index (χ4n) is 0.262. The summed E-state index contributed by atoms with van der Waals surface area (Å²) < 4.78 is 0. The van der Waals surface area contributed by atoms with Crippen LogP contribution in [0.5, 0.6) is 0 Å². The summed E-state index contributed by atoms with van der Waals surface area (Å²) in [6.07, 6.45) is 0.771. The summed E-state index contributed by atoms with van der Waals surface area (Å²) in [7, 11) is 0. The largest absolute Gasteiger partial charge is 0.300 e.